The Kier molecular flexibility index (Phi) is 5.13. The summed E-state index contributed by atoms with van der Waals surface area (Å²) in [5.41, 5.74) is 1.03. The van der Waals surface area contributed by atoms with Gasteiger partial charge < -0.3 is 0 Å². The van der Waals surface area contributed by atoms with Crippen LogP contribution in [0.4, 0.5) is 4.39 Å². The van der Waals surface area contributed by atoms with Crippen molar-refractivity contribution in [2.45, 2.75) is 26.2 Å². The van der Waals surface area contributed by atoms with Gasteiger partial charge in [-0.25, -0.2) is 4.39 Å². The second kappa shape index (κ2) is 6.86. The van der Waals surface area contributed by atoms with Crippen LogP contribution in [-0.4, -0.2) is 5.78 Å². The molecule has 2 atom stereocenters. The lowest BCUT2D eigenvalue weighted by atomic mass is 9.80. The van der Waals surface area contributed by atoms with Gasteiger partial charge in [-0.05, 0) is 29.7 Å². The molecular weight excluding hydrogens is 287 g/mol. The van der Waals surface area contributed by atoms with Crippen LogP contribution in [0.5, 0.6) is 0 Å². The third-order valence-electron chi connectivity index (χ3n) is 3.85. The first kappa shape index (κ1) is 15.7. The molecule has 21 heavy (non-hydrogen) atoms. The molecule has 0 aliphatic rings. The van der Waals surface area contributed by atoms with Crippen LogP contribution in [0.25, 0.3) is 0 Å². The van der Waals surface area contributed by atoms with E-state index in [4.69, 9.17) is 11.6 Å². The Morgan fingerprint density at radius 1 is 1.19 bits per heavy atom. The summed E-state index contributed by atoms with van der Waals surface area (Å²) in [5, 5.41) is 0.295. The standard InChI is InChI=1S/C18H18ClFO/c1-3-12(2)17(13-7-5-4-6-8-13)18(21)15-10-9-14(19)11-16(15)20/h4-12,17H,3H2,1-2H3. The number of benzene rings is 2. The lowest BCUT2D eigenvalue weighted by Gasteiger charge is -2.22. The van der Waals surface area contributed by atoms with Crippen LogP contribution in [0.1, 0.15) is 42.1 Å². The fourth-order valence-corrected chi connectivity index (χ4v) is 2.65. The minimum atomic E-state index is -0.559. The highest BCUT2D eigenvalue weighted by atomic mass is 35.5. The van der Waals surface area contributed by atoms with Crippen molar-refractivity contribution in [3.8, 4) is 0 Å². The molecule has 0 aromatic heterocycles. The number of hydrogen-bond donors (Lipinski definition) is 0. The van der Waals surface area contributed by atoms with Crippen LogP contribution in [-0.2, 0) is 0 Å². The summed E-state index contributed by atoms with van der Waals surface area (Å²) in [6, 6.07) is 13.8. The van der Waals surface area contributed by atoms with Crippen LogP contribution in [0.15, 0.2) is 48.5 Å². The van der Waals surface area contributed by atoms with Gasteiger partial charge in [0.05, 0.1) is 11.5 Å². The van der Waals surface area contributed by atoms with Gasteiger partial charge in [0.15, 0.2) is 5.78 Å². The largest absolute Gasteiger partial charge is 0.293 e. The van der Waals surface area contributed by atoms with Crippen molar-refractivity contribution in [3.05, 3.63) is 70.5 Å². The zero-order valence-corrected chi connectivity index (χ0v) is 12.9. The number of halogens is 2. The molecule has 0 bridgehead atoms. The van der Waals surface area contributed by atoms with Crippen molar-refractivity contribution in [3.63, 3.8) is 0 Å². The highest BCUT2D eigenvalue weighted by Crippen LogP contribution is 2.31. The maximum absolute atomic E-state index is 14.0. The lowest BCUT2D eigenvalue weighted by molar-refractivity contribution is 0.0928. The van der Waals surface area contributed by atoms with Crippen molar-refractivity contribution < 1.29 is 9.18 Å². The number of carbonyl (C=O) groups excluding carboxylic acids is 1. The Morgan fingerprint density at radius 2 is 1.86 bits per heavy atom. The number of rotatable bonds is 5. The lowest BCUT2D eigenvalue weighted by Crippen LogP contribution is -2.21. The smallest absolute Gasteiger partial charge is 0.173 e. The molecular formula is C18H18ClFO. The second-order valence-electron chi connectivity index (χ2n) is 5.26. The molecule has 0 radical (unpaired) electrons. The molecule has 2 aromatic rings. The number of Topliss-reactive ketones (excluding diaryl/α,β-unsaturated/α-hetero) is 1. The first-order valence-corrected chi connectivity index (χ1v) is 7.46. The summed E-state index contributed by atoms with van der Waals surface area (Å²) < 4.78 is 14.0. The van der Waals surface area contributed by atoms with Crippen molar-refractivity contribution >= 4 is 17.4 Å². The zero-order valence-electron chi connectivity index (χ0n) is 12.1. The van der Waals surface area contributed by atoms with Gasteiger partial charge in [-0.15, -0.1) is 0 Å². The van der Waals surface area contributed by atoms with Crippen LogP contribution < -0.4 is 0 Å². The minimum Gasteiger partial charge on any atom is -0.293 e. The predicted octanol–water partition coefficient (Wildman–Crippen LogP) is 5.49. The SMILES string of the molecule is CCC(C)C(C(=O)c1ccc(Cl)cc1F)c1ccccc1. The topological polar surface area (TPSA) is 17.1 Å². The van der Waals surface area contributed by atoms with Gasteiger partial charge in [-0.1, -0.05) is 62.2 Å². The first-order chi connectivity index (χ1) is 10.0. The third kappa shape index (κ3) is 3.51. The summed E-state index contributed by atoms with van der Waals surface area (Å²) in [6.07, 6.45) is 0.848. The van der Waals surface area contributed by atoms with E-state index >= 15 is 0 Å². The Morgan fingerprint density at radius 3 is 2.43 bits per heavy atom. The van der Waals surface area contributed by atoms with Crippen molar-refractivity contribution in [1.29, 1.82) is 0 Å². The van der Waals surface area contributed by atoms with Crippen LogP contribution in [0, 0.1) is 11.7 Å². The summed E-state index contributed by atoms with van der Waals surface area (Å²) in [4.78, 5) is 12.8. The predicted molar refractivity (Wildman–Crippen MR) is 84.4 cm³/mol. The molecule has 0 aliphatic carbocycles. The average Bonchev–Trinajstić information content (AvgIpc) is 2.48. The van der Waals surface area contributed by atoms with Crippen LogP contribution >= 0.6 is 11.6 Å². The molecule has 110 valence electrons. The molecule has 2 aromatic carbocycles. The van der Waals surface area contributed by atoms with E-state index in [1.54, 1.807) is 6.07 Å². The molecule has 3 heteroatoms. The van der Waals surface area contributed by atoms with Gasteiger partial charge in [0.1, 0.15) is 5.82 Å². The maximum atomic E-state index is 14.0. The molecule has 0 N–H and O–H groups in total. The molecule has 0 heterocycles. The highest BCUT2D eigenvalue weighted by molar-refractivity contribution is 6.30. The molecule has 1 nitrogen and oxygen atoms in total. The Bertz CT molecular complexity index is 624. The fraction of sp³-hybridized carbons (Fsp3) is 0.278. The van der Waals surface area contributed by atoms with Crippen molar-refractivity contribution in [2.75, 3.05) is 0 Å². The second-order valence-corrected chi connectivity index (χ2v) is 5.70. The summed E-state index contributed by atoms with van der Waals surface area (Å²) in [6.45, 7) is 4.05. The van der Waals surface area contributed by atoms with E-state index in [0.717, 1.165) is 12.0 Å². The van der Waals surface area contributed by atoms with Gasteiger partial charge >= 0.3 is 0 Å². The van der Waals surface area contributed by atoms with Crippen LogP contribution in [0.2, 0.25) is 5.02 Å². The molecule has 2 rings (SSSR count). The van der Waals surface area contributed by atoms with E-state index in [9.17, 15) is 9.18 Å². The van der Waals surface area contributed by atoms with Gasteiger partial charge in [0, 0.05) is 5.02 Å². The molecule has 0 saturated carbocycles. The van der Waals surface area contributed by atoms with E-state index in [1.165, 1.54) is 12.1 Å². The number of ketones is 1. The first-order valence-electron chi connectivity index (χ1n) is 7.08. The molecule has 0 amide bonds. The molecule has 0 saturated heterocycles. The van der Waals surface area contributed by atoms with Crippen LogP contribution in [0.3, 0.4) is 0 Å². The minimum absolute atomic E-state index is 0.105. The molecule has 0 spiro atoms. The molecule has 2 unspecified atom stereocenters. The van der Waals surface area contributed by atoms with Crippen molar-refractivity contribution in [2.24, 2.45) is 5.92 Å². The zero-order chi connectivity index (χ0) is 15.4. The average molecular weight is 305 g/mol. The number of carbonyl (C=O) groups is 1. The monoisotopic (exact) mass is 304 g/mol. The van der Waals surface area contributed by atoms with Crippen molar-refractivity contribution in [1.82, 2.24) is 0 Å². The normalized spacial score (nSPS) is 13.7. The van der Waals surface area contributed by atoms with Gasteiger partial charge in [-0.2, -0.15) is 0 Å². The Balaban J connectivity index is 2.44. The quantitative estimate of drug-likeness (QED) is 0.667. The summed E-state index contributed by atoms with van der Waals surface area (Å²) in [5.74, 6) is -0.955. The van der Waals surface area contributed by atoms with E-state index < -0.39 is 5.82 Å². The van der Waals surface area contributed by atoms with Gasteiger partial charge in [0.25, 0.3) is 0 Å². The number of hydrogen-bond acceptors (Lipinski definition) is 1. The van der Waals surface area contributed by atoms with E-state index in [0.29, 0.717) is 5.02 Å². The van der Waals surface area contributed by atoms with E-state index in [-0.39, 0.29) is 23.2 Å². The molecule has 0 fully saturated rings. The van der Waals surface area contributed by atoms with E-state index in [1.807, 2.05) is 44.2 Å². The summed E-state index contributed by atoms with van der Waals surface area (Å²) in [7, 11) is 0. The fourth-order valence-electron chi connectivity index (χ4n) is 2.49. The molecule has 0 aliphatic heterocycles. The van der Waals surface area contributed by atoms with Gasteiger partial charge in [-0.3, -0.25) is 4.79 Å². The third-order valence-corrected chi connectivity index (χ3v) is 4.09. The van der Waals surface area contributed by atoms with E-state index in [2.05, 4.69) is 0 Å². The Labute approximate surface area is 129 Å². The maximum Gasteiger partial charge on any atom is 0.173 e. The van der Waals surface area contributed by atoms with Gasteiger partial charge in [0.2, 0.25) is 0 Å². The highest BCUT2D eigenvalue weighted by Gasteiger charge is 2.28. The summed E-state index contributed by atoms with van der Waals surface area (Å²) >= 11 is 5.76. The Hall–Kier alpha value is -1.67.